The summed E-state index contributed by atoms with van der Waals surface area (Å²) in [6.07, 6.45) is 0.749. The van der Waals surface area contributed by atoms with E-state index in [2.05, 4.69) is 15.8 Å². The summed E-state index contributed by atoms with van der Waals surface area (Å²) in [5.74, 6) is -0.199. The molecule has 2 aromatic carbocycles. The molecule has 2 amide bonds. The molecule has 0 aliphatic carbocycles. The first-order valence-electron chi connectivity index (χ1n) is 8.32. The summed E-state index contributed by atoms with van der Waals surface area (Å²) in [7, 11) is 0. The number of thiazole rings is 1. The number of aryl methyl sites for hydroxylation is 2. The number of nitrogens with zero attached hydrogens (tertiary/aromatic N) is 1. The first-order chi connectivity index (χ1) is 13.0. The number of amides is 2. The molecular weight excluding hydrogens is 386 g/mol. The number of hydrogen-bond donors (Lipinski definition) is 2. The average Bonchev–Trinajstić information content (AvgIpc) is 3.08. The molecule has 3 aromatic rings. The maximum Gasteiger partial charge on any atom is 0.276 e. The predicted molar refractivity (Wildman–Crippen MR) is 106 cm³/mol. The minimum atomic E-state index is -0.448. The molecule has 0 bridgehead atoms. The SMILES string of the molecule is Cc1cc(OCC(=O)NNC(=O)CCc2nc3ccccc3s2)ccc1Cl. The number of nitrogens with one attached hydrogen (secondary N) is 2. The third-order valence-electron chi connectivity index (χ3n) is 3.74. The zero-order valence-corrected chi connectivity index (χ0v) is 16.2. The Balaban J connectivity index is 1.39. The van der Waals surface area contributed by atoms with Gasteiger partial charge >= 0.3 is 0 Å². The fourth-order valence-corrected chi connectivity index (χ4v) is 3.43. The first kappa shape index (κ1) is 19.1. The Labute approximate surface area is 165 Å². The maximum absolute atomic E-state index is 11.9. The zero-order chi connectivity index (χ0) is 19.2. The van der Waals surface area contributed by atoms with Crippen LogP contribution in [0.15, 0.2) is 42.5 Å². The second kappa shape index (κ2) is 8.83. The molecule has 2 N–H and O–H groups in total. The molecule has 0 saturated heterocycles. The van der Waals surface area contributed by atoms with Crippen molar-refractivity contribution in [3.05, 3.63) is 58.1 Å². The van der Waals surface area contributed by atoms with Gasteiger partial charge in [-0.2, -0.15) is 0 Å². The van der Waals surface area contributed by atoms with Gasteiger partial charge < -0.3 is 4.74 Å². The van der Waals surface area contributed by atoms with E-state index in [-0.39, 0.29) is 18.9 Å². The normalized spacial score (nSPS) is 10.6. The topological polar surface area (TPSA) is 80.3 Å². The number of para-hydroxylation sites is 1. The first-order valence-corrected chi connectivity index (χ1v) is 9.52. The molecule has 140 valence electrons. The Morgan fingerprint density at radius 1 is 1.15 bits per heavy atom. The Morgan fingerprint density at radius 3 is 2.70 bits per heavy atom. The lowest BCUT2D eigenvalue weighted by Crippen LogP contribution is -2.43. The lowest BCUT2D eigenvalue weighted by molar-refractivity contribution is -0.130. The summed E-state index contributed by atoms with van der Waals surface area (Å²) in [5.41, 5.74) is 6.51. The molecule has 8 heteroatoms. The summed E-state index contributed by atoms with van der Waals surface area (Å²) < 4.78 is 6.46. The number of carbonyl (C=O) groups is 2. The van der Waals surface area contributed by atoms with E-state index >= 15 is 0 Å². The number of halogens is 1. The molecule has 0 aliphatic rings. The minimum Gasteiger partial charge on any atom is -0.484 e. The van der Waals surface area contributed by atoms with Crippen LogP contribution in [0.1, 0.15) is 17.0 Å². The summed E-state index contributed by atoms with van der Waals surface area (Å²) in [6, 6.07) is 13.0. The maximum atomic E-state index is 11.9. The highest BCUT2D eigenvalue weighted by molar-refractivity contribution is 7.18. The van der Waals surface area contributed by atoms with Crippen molar-refractivity contribution in [3.63, 3.8) is 0 Å². The fourth-order valence-electron chi connectivity index (χ4n) is 2.34. The van der Waals surface area contributed by atoms with Crippen molar-refractivity contribution in [3.8, 4) is 5.75 Å². The molecule has 1 aromatic heterocycles. The van der Waals surface area contributed by atoms with Crippen molar-refractivity contribution in [2.45, 2.75) is 19.8 Å². The van der Waals surface area contributed by atoms with Gasteiger partial charge in [-0.15, -0.1) is 11.3 Å². The van der Waals surface area contributed by atoms with Gasteiger partial charge in [0.1, 0.15) is 5.75 Å². The number of aromatic nitrogens is 1. The van der Waals surface area contributed by atoms with Gasteiger partial charge in [0.25, 0.3) is 5.91 Å². The van der Waals surface area contributed by atoms with Crippen molar-refractivity contribution in [1.29, 1.82) is 0 Å². The monoisotopic (exact) mass is 403 g/mol. The smallest absolute Gasteiger partial charge is 0.276 e. The zero-order valence-electron chi connectivity index (χ0n) is 14.6. The average molecular weight is 404 g/mol. The van der Waals surface area contributed by atoms with Crippen LogP contribution < -0.4 is 15.6 Å². The van der Waals surface area contributed by atoms with E-state index in [9.17, 15) is 9.59 Å². The van der Waals surface area contributed by atoms with E-state index in [1.54, 1.807) is 29.5 Å². The summed E-state index contributed by atoms with van der Waals surface area (Å²) in [5, 5.41) is 1.52. The van der Waals surface area contributed by atoms with Gasteiger partial charge in [-0.1, -0.05) is 23.7 Å². The molecule has 0 unspecified atom stereocenters. The van der Waals surface area contributed by atoms with Gasteiger partial charge in [0.05, 0.1) is 15.2 Å². The largest absolute Gasteiger partial charge is 0.484 e. The quantitative estimate of drug-likeness (QED) is 0.618. The van der Waals surface area contributed by atoms with Crippen LogP contribution in [-0.2, 0) is 16.0 Å². The van der Waals surface area contributed by atoms with Gasteiger partial charge in [-0.25, -0.2) is 4.98 Å². The second-order valence-electron chi connectivity index (χ2n) is 5.87. The molecule has 1 heterocycles. The van der Waals surface area contributed by atoms with Crippen LogP contribution in [0.5, 0.6) is 5.75 Å². The molecule has 0 saturated carbocycles. The van der Waals surface area contributed by atoms with Gasteiger partial charge in [0.15, 0.2) is 6.61 Å². The highest BCUT2D eigenvalue weighted by Crippen LogP contribution is 2.22. The molecular formula is C19H18ClN3O3S. The fraction of sp³-hybridized carbons (Fsp3) is 0.211. The van der Waals surface area contributed by atoms with E-state index in [1.165, 1.54) is 0 Å². The molecule has 3 rings (SSSR count). The lowest BCUT2D eigenvalue weighted by atomic mass is 10.2. The van der Waals surface area contributed by atoms with Crippen molar-refractivity contribution in [2.24, 2.45) is 0 Å². The van der Waals surface area contributed by atoms with Crippen LogP contribution in [0, 0.1) is 6.92 Å². The van der Waals surface area contributed by atoms with Crippen molar-refractivity contribution in [1.82, 2.24) is 15.8 Å². The second-order valence-corrected chi connectivity index (χ2v) is 7.39. The summed E-state index contributed by atoms with van der Waals surface area (Å²) >= 11 is 7.50. The van der Waals surface area contributed by atoms with Crippen LogP contribution in [0.2, 0.25) is 5.02 Å². The van der Waals surface area contributed by atoms with E-state index in [0.29, 0.717) is 17.2 Å². The van der Waals surface area contributed by atoms with Crippen LogP contribution in [0.25, 0.3) is 10.2 Å². The molecule has 0 fully saturated rings. The van der Waals surface area contributed by atoms with E-state index in [1.807, 2.05) is 31.2 Å². The molecule has 27 heavy (non-hydrogen) atoms. The summed E-state index contributed by atoms with van der Waals surface area (Å²) in [6.45, 7) is 1.64. The molecule has 0 aliphatic heterocycles. The number of ether oxygens (including phenoxy) is 1. The van der Waals surface area contributed by atoms with Crippen molar-refractivity contribution >= 4 is 45.0 Å². The minimum absolute atomic E-state index is 0.209. The van der Waals surface area contributed by atoms with E-state index in [0.717, 1.165) is 20.8 Å². The third-order valence-corrected chi connectivity index (χ3v) is 5.27. The number of fused-ring (bicyclic) bond motifs is 1. The van der Waals surface area contributed by atoms with Crippen LogP contribution >= 0.6 is 22.9 Å². The number of hydrogen-bond acceptors (Lipinski definition) is 5. The van der Waals surface area contributed by atoms with E-state index < -0.39 is 5.91 Å². The lowest BCUT2D eigenvalue weighted by Gasteiger charge is -2.09. The highest BCUT2D eigenvalue weighted by atomic mass is 35.5. The standard InChI is InChI=1S/C19H18ClN3O3S/c1-12-10-13(6-7-14(12)20)26-11-18(25)23-22-17(24)8-9-19-21-15-4-2-3-5-16(15)27-19/h2-7,10H,8-9,11H2,1H3,(H,22,24)(H,23,25). The summed E-state index contributed by atoms with van der Waals surface area (Å²) in [4.78, 5) is 28.1. The van der Waals surface area contributed by atoms with Crippen LogP contribution in [0.3, 0.4) is 0 Å². The Morgan fingerprint density at radius 2 is 1.93 bits per heavy atom. The Bertz CT molecular complexity index is 941. The number of benzene rings is 2. The Kier molecular flexibility index (Phi) is 6.26. The van der Waals surface area contributed by atoms with Crippen LogP contribution in [0.4, 0.5) is 0 Å². The van der Waals surface area contributed by atoms with Crippen molar-refractivity contribution in [2.75, 3.05) is 6.61 Å². The van der Waals surface area contributed by atoms with Crippen LogP contribution in [-0.4, -0.2) is 23.4 Å². The number of carbonyl (C=O) groups excluding carboxylic acids is 2. The predicted octanol–water partition coefficient (Wildman–Crippen LogP) is 3.42. The molecule has 0 radical (unpaired) electrons. The van der Waals surface area contributed by atoms with E-state index in [4.69, 9.17) is 16.3 Å². The number of hydrazine groups is 1. The molecule has 0 atom stereocenters. The van der Waals surface area contributed by atoms with Gasteiger partial charge in [-0.3, -0.25) is 20.4 Å². The van der Waals surface area contributed by atoms with Gasteiger partial charge in [0, 0.05) is 17.9 Å². The number of rotatable bonds is 6. The third kappa shape index (κ3) is 5.42. The molecule has 0 spiro atoms. The van der Waals surface area contributed by atoms with Crippen molar-refractivity contribution < 1.29 is 14.3 Å². The van der Waals surface area contributed by atoms with Gasteiger partial charge in [0.2, 0.25) is 5.91 Å². The highest BCUT2D eigenvalue weighted by Gasteiger charge is 2.09. The molecule has 6 nitrogen and oxygen atoms in total. The Hall–Kier alpha value is -2.64. The van der Waals surface area contributed by atoms with Gasteiger partial charge in [-0.05, 0) is 42.8 Å².